The number of hydrogen-bond acceptors (Lipinski definition) is 6. The van der Waals surface area contributed by atoms with Crippen molar-refractivity contribution in [2.24, 2.45) is 4.99 Å². The summed E-state index contributed by atoms with van der Waals surface area (Å²) in [5, 5.41) is 10.8. The van der Waals surface area contributed by atoms with Gasteiger partial charge in [0.2, 0.25) is 0 Å². The SMILES string of the molecule is CCOC(=O)C1=C(C)N=c2s/c(=C/c3cc(Cl)cc(Br)c3O)c(=O)n2[C@@H]1c1ccc(C)cc1. The number of carbonyl (C=O) groups is 1. The molecule has 1 aliphatic heterocycles. The molecular weight excluding hydrogens is 528 g/mol. The summed E-state index contributed by atoms with van der Waals surface area (Å²) in [6.07, 6.45) is 1.57. The Bertz CT molecular complexity index is 1470. The number of nitrogens with zero attached hydrogens (tertiary/aromatic N) is 2. The molecule has 33 heavy (non-hydrogen) atoms. The maximum Gasteiger partial charge on any atom is 0.338 e. The number of rotatable bonds is 4. The summed E-state index contributed by atoms with van der Waals surface area (Å²) < 4.78 is 7.59. The largest absolute Gasteiger partial charge is 0.506 e. The zero-order chi connectivity index (χ0) is 23.9. The number of phenolic OH excluding ortho intramolecular Hbond substituents is 1. The van der Waals surface area contributed by atoms with Crippen LogP contribution in [0.1, 0.15) is 36.6 Å². The Labute approximate surface area is 207 Å². The molecule has 0 saturated heterocycles. The molecule has 0 aliphatic carbocycles. The molecule has 0 unspecified atom stereocenters. The number of fused-ring (bicyclic) bond motifs is 1. The van der Waals surface area contributed by atoms with Crippen LogP contribution in [-0.4, -0.2) is 22.2 Å². The topological polar surface area (TPSA) is 80.9 Å². The molecule has 9 heteroatoms. The summed E-state index contributed by atoms with van der Waals surface area (Å²) in [6.45, 7) is 5.66. The highest BCUT2D eigenvalue weighted by molar-refractivity contribution is 9.10. The van der Waals surface area contributed by atoms with Crippen LogP contribution in [0.4, 0.5) is 0 Å². The van der Waals surface area contributed by atoms with E-state index in [0.717, 1.165) is 11.1 Å². The van der Waals surface area contributed by atoms with E-state index < -0.39 is 12.0 Å². The normalized spacial score (nSPS) is 15.9. The summed E-state index contributed by atoms with van der Waals surface area (Å²) in [4.78, 5) is 31.5. The van der Waals surface area contributed by atoms with Crippen LogP contribution < -0.4 is 14.9 Å². The zero-order valence-corrected chi connectivity index (χ0v) is 21.2. The molecule has 1 aromatic heterocycles. The van der Waals surface area contributed by atoms with E-state index >= 15 is 0 Å². The van der Waals surface area contributed by atoms with Gasteiger partial charge in [0.25, 0.3) is 5.56 Å². The van der Waals surface area contributed by atoms with Gasteiger partial charge in [0.1, 0.15) is 5.75 Å². The second-order valence-corrected chi connectivity index (χ2v) is 9.84. The monoisotopic (exact) mass is 546 g/mol. The molecule has 0 bridgehead atoms. The maximum absolute atomic E-state index is 13.6. The number of carbonyl (C=O) groups excluding carboxylic acids is 1. The van der Waals surface area contributed by atoms with E-state index in [9.17, 15) is 14.7 Å². The number of aromatic nitrogens is 1. The molecule has 3 aromatic rings. The first-order valence-electron chi connectivity index (χ1n) is 10.2. The number of halogens is 2. The van der Waals surface area contributed by atoms with Crippen molar-refractivity contribution in [3.8, 4) is 5.75 Å². The molecule has 0 amide bonds. The van der Waals surface area contributed by atoms with Crippen molar-refractivity contribution in [1.82, 2.24) is 4.57 Å². The third-order valence-electron chi connectivity index (χ3n) is 5.25. The first-order chi connectivity index (χ1) is 15.7. The van der Waals surface area contributed by atoms with E-state index in [-0.39, 0.29) is 17.9 Å². The van der Waals surface area contributed by atoms with E-state index in [4.69, 9.17) is 16.3 Å². The molecule has 170 valence electrons. The fourth-order valence-corrected chi connectivity index (χ4v) is 5.56. The number of aryl methyl sites for hydroxylation is 1. The molecule has 0 radical (unpaired) electrons. The van der Waals surface area contributed by atoms with Crippen LogP contribution >= 0.6 is 38.9 Å². The summed E-state index contributed by atoms with van der Waals surface area (Å²) in [5.74, 6) is -0.529. The van der Waals surface area contributed by atoms with E-state index in [2.05, 4.69) is 20.9 Å². The van der Waals surface area contributed by atoms with Gasteiger partial charge in [-0.3, -0.25) is 9.36 Å². The number of esters is 1. The predicted octanol–water partition coefficient (Wildman–Crippen LogP) is 4.23. The lowest BCUT2D eigenvalue weighted by Crippen LogP contribution is -2.39. The smallest absolute Gasteiger partial charge is 0.338 e. The standard InChI is InChI=1S/C24H20BrClN2O4S/c1-4-32-23(31)19-13(3)27-24-28(20(19)14-7-5-12(2)6-8-14)22(30)18(33-24)10-15-9-16(26)11-17(25)21(15)29/h5-11,20,29H,4H2,1-3H3/b18-10+/t20-/m1/s1. The van der Waals surface area contributed by atoms with E-state index in [0.29, 0.717) is 35.7 Å². The first-order valence-corrected chi connectivity index (χ1v) is 12.1. The van der Waals surface area contributed by atoms with Gasteiger partial charge in [-0.1, -0.05) is 52.8 Å². The van der Waals surface area contributed by atoms with Gasteiger partial charge in [0, 0.05) is 10.6 Å². The van der Waals surface area contributed by atoms with Gasteiger partial charge in [-0.25, -0.2) is 9.79 Å². The van der Waals surface area contributed by atoms with Crippen LogP contribution in [0.15, 0.2) is 61.9 Å². The Morgan fingerprint density at radius 3 is 2.67 bits per heavy atom. The Balaban J connectivity index is 1.98. The molecule has 1 aliphatic rings. The second kappa shape index (κ2) is 9.29. The third-order valence-corrected chi connectivity index (χ3v) is 7.06. The van der Waals surface area contributed by atoms with Gasteiger partial charge in [-0.2, -0.15) is 0 Å². The Morgan fingerprint density at radius 1 is 1.30 bits per heavy atom. The number of hydrogen-bond donors (Lipinski definition) is 1. The highest BCUT2D eigenvalue weighted by atomic mass is 79.9. The number of benzene rings is 2. The summed E-state index contributed by atoms with van der Waals surface area (Å²) in [7, 11) is 0. The highest BCUT2D eigenvalue weighted by Crippen LogP contribution is 2.33. The third kappa shape index (κ3) is 4.43. The van der Waals surface area contributed by atoms with Crippen LogP contribution in [0.3, 0.4) is 0 Å². The van der Waals surface area contributed by atoms with Crippen molar-refractivity contribution >= 4 is 50.9 Å². The average molecular weight is 548 g/mol. The van der Waals surface area contributed by atoms with Gasteiger partial charge in [-0.05, 0) is 60.5 Å². The minimum absolute atomic E-state index is 0.0243. The number of thiazole rings is 1. The molecule has 2 aromatic carbocycles. The maximum atomic E-state index is 13.6. The molecule has 1 atom stereocenters. The van der Waals surface area contributed by atoms with Gasteiger partial charge in [0.15, 0.2) is 4.80 Å². The Morgan fingerprint density at radius 2 is 2.00 bits per heavy atom. The van der Waals surface area contributed by atoms with Crippen molar-refractivity contribution < 1.29 is 14.6 Å². The van der Waals surface area contributed by atoms with Crippen molar-refractivity contribution in [3.05, 3.63) is 93.5 Å². The van der Waals surface area contributed by atoms with Crippen LogP contribution in [0.5, 0.6) is 5.75 Å². The van der Waals surface area contributed by atoms with E-state index in [1.54, 1.807) is 32.1 Å². The van der Waals surface area contributed by atoms with Gasteiger partial charge in [-0.15, -0.1) is 0 Å². The molecule has 0 fully saturated rings. The molecule has 4 rings (SSSR count). The van der Waals surface area contributed by atoms with Crippen LogP contribution in [0.25, 0.3) is 6.08 Å². The van der Waals surface area contributed by atoms with Gasteiger partial charge < -0.3 is 9.84 Å². The fourth-order valence-electron chi connectivity index (χ4n) is 3.69. The highest BCUT2D eigenvalue weighted by Gasteiger charge is 2.33. The first kappa shape index (κ1) is 23.5. The lowest BCUT2D eigenvalue weighted by Gasteiger charge is -2.24. The molecule has 0 saturated carbocycles. The van der Waals surface area contributed by atoms with E-state index in [1.807, 2.05) is 31.2 Å². The molecule has 0 spiro atoms. The van der Waals surface area contributed by atoms with Crippen LogP contribution in [0.2, 0.25) is 5.02 Å². The minimum atomic E-state index is -0.678. The summed E-state index contributed by atoms with van der Waals surface area (Å²) in [6, 6.07) is 10.1. The van der Waals surface area contributed by atoms with Gasteiger partial charge >= 0.3 is 5.97 Å². The number of allylic oxidation sites excluding steroid dienone is 1. The molecule has 6 nitrogen and oxygen atoms in total. The predicted molar refractivity (Wildman–Crippen MR) is 132 cm³/mol. The van der Waals surface area contributed by atoms with E-state index in [1.165, 1.54) is 15.9 Å². The molecule has 1 N–H and O–H groups in total. The van der Waals surface area contributed by atoms with Crippen LogP contribution in [0, 0.1) is 6.92 Å². The number of phenols is 1. The van der Waals surface area contributed by atoms with Crippen LogP contribution in [-0.2, 0) is 9.53 Å². The fraction of sp³-hybridized carbons (Fsp3) is 0.208. The summed E-state index contributed by atoms with van der Waals surface area (Å²) in [5.41, 5.74) is 2.74. The Kier molecular flexibility index (Phi) is 6.61. The summed E-state index contributed by atoms with van der Waals surface area (Å²) >= 11 is 10.6. The number of ether oxygens (including phenoxy) is 1. The number of aromatic hydroxyl groups is 1. The quantitative estimate of drug-likeness (QED) is 0.496. The lowest BCUT2D eigenvalue weighted by molar-refractivity contribution is -0.139. The zero-order valence-electron chi connectivity index (χ0n) is 18.1. The van der Waals surface area contributed by atoms with Crippen molar-refractivity contribution in [1.29, 1.82) is 0 Å². The lowest BCUT2D eigenvalue weighted by atomic mass is 9.95. The average Bonchev–Trinajstić information content (AvgIpc) is 3.06. The van der Waals surface area contributed by atoms with Crippen molar-refractivity contribution in [2.75, 3.05) is 6.61 Å². The van der Waals surface area contributed by atoms with Gasteiger partial charge in [0.05, 0.1) is 32.9 Å². The van der Waals surface area contributed by atoms with Crippen molar-refractivity contribution in [3.63, 3.8) is 0 Å². The second-order valence-electron chi connectivity index (χ2n) is 7.54. The Hall–Kier alpha value is -2.68. The minimum Gasteiger partial charge on any atom is -0.506 e. The molecule has 2 heterocycles. The molecular formula is C24H20BrClN2O4S. The van der Waals surface area contributed by atoms with Crippen molar-refractivity contribution in [2.45, 2.75) is 26.8 Å².